The Balaban J connectivity index is 1.57. The highest BCUT2D eigenvalue weighted by Crippen LogP contribution is 2.23. The summed E-state index contributed by atoms with van der Waals surface area (Å²) in [5, 5.41) is 3.81. The summed E-state index contributed by atoms with van der Waals surface area (Å²) in [5.41, 5.74) is 2.61. The average Bonchev–Trinajstić information content (AvgIpc) is 3.01. The minimum absolute atomic E-state index is 0.631. The predicted octanol–water partition coefficient (Wildman–Crippen LogP) is 1.94. The zero-order chi connectivity index (χ0) is 17.2. The normalized spacial score (nSPS) is 20.7. The molecule has 25 heavy (non-hydrogen) atoms. The van der Waals surface area contributed by atoms with E-state index in [1.54, 1.807) is 0 Å². The molecule has 0 atom stereocenters. The fraction of sp³-hybridized carbons (Fsp3) is 0.600. The first-order valence-corrected chi connectivity index (χ1v) is 9.52. The number of aromatic nitrogens is 1. The van der Waals surface area contributed by atoms with Gasteiger partial charge in [0.05, 0.1) is 18.7 Å². The highest BCUT2D eigenvalue weighted by Gasteiger charge is 2.22. The van der Waals surface area contributed by atoms with Gasteiger partial charge >= 0.3 is 0 Å². The highest BCUT2D eigenvalue weighted by atomic mass is 16.5. The molecule has 0 amide bonds. The minimum Gasteiger partial charge on any atom is -0.379 e. The third kappa shape index (κ3) is 3.54. The van der Waals surface area contributed by atoms with Gasteiger partial charge in [-0.15, -0.1) is 0 Å². The lowest BCUT2D eigenvalue weighted by molar-refractivity contribution is 0.0343. The maximum atomic E-state index is 5.49. The number of morpholine rings is 1. The Kier molecular flexibility index (Phi) is 4.97. The quantitative estimate of drug-likeness (QED) is 0.848. The van der Waals surface area contributed by atoms with Gasteiger partial charge in [0.1, 0.15) is 0 Å². The standard InChI is InChI=1S/C20H29N4O/c1-17(2)22-7-9-23(10-8-22)24-16-18(15-21-11-13-25-14-12-21)19-5-3-4-6-20(19)24/h3-5,16-17H,7-15H2,1-2H3. The van der Waals surface area contributed by atoms with Gasteiger partial charge in [-0.05, 0) is 19.4 Å². The molecule has 5 heteroatoms. The van der Waals surface area contributed by atoms with Crippen molar-refractivity contribution in [3.8, 4) is 0 Å². The number of nitrogens with zero attached hydrogens (tertiary/aromatic N) is 4. The van der Waals surface area contributed by atoms with E-state index >= 15 is 0 Å². The lowest BCUT2D eigenvalue weighted by Crippen LogP contribution is -2.52. The van der Waals surface area contributed by atoms with Gasteiger partial charge in [-0.25, -0.2) is 0 Å². The van der Waals surface area contributed by atoms with Crippen molar-refractivity contribution in [1.82, 2.24) is 14.5 Å². The molecule has 0 unspecified atom stereocenters. The molecule has 1 radical (unpaired) electrons. The van der Waals surface area contributed by atoms with Crippen LogP contribution in [0.3, 0.4) is 0 Å². The topological polar surface area (TPSA) is 23.9 Å². The number of hydrogen-bond acceptors (Lipinski definition) is 4. The van der Waals surface area contributed by atoms with E-state index in [1.807, 2.05) is 6.07 Å². The highest BCUT2D eigenvalue weighted by molar-refractivity contribution is 5.83. The summed E-state index contributed by atoms with van der Waals surface area (Å²) >= 11 is 0. The van der Waals surface area contributed by atoms with Crippen LogP contribution in [-0.2, 0) is 11.3 Å². The monoisotopic (exact) mass is 341 g/mol. The van der Waals surface area contributed by atoms with Gasteiger partial charge in [0, 0.05) is 69.5 Å². The van der Waals surface area contributed by atoms with Crippen molar-refractivity contribution >= 4 is 10.9 Å². The molecule has 3 heterocycles. The molecule has 0 aliphatic carbocycles. The maximum Gasteiger partial charge on any atom is 0.0777 e. The molecule has 1 aromatic heterocycles. The van der Waals surface area contributed by atoms with Crippen molar-refractivity contribution in [2.75, 3.05) is 57.5 Å². The lowest BCUT2D eigenvalue weighted by atomic mass is 10.1. The number of rotatable bonds is 4. The fourth-order valence-corrected chi connectivity index (χ4v) is 3.95. The Morgan fingerprint density at radius 3 is 2.56 bits per heavy atom. The fourth-order valence-electron chi connectivity index (χ4n) is 3.95. The van der Waals surface area contributed by atoms with E-state index in [4.69, 9.17) is 4.74 Å². The molecule has 0 N–H and O–H groups in total. The van der Waals surface area contributed by atoms with E-state index in [2.05, 4.69) is 57.7 Å². The Hall–Kier alpha value is -1.56. The largest absolute Gasteiger partial charge is 0.379 e. The van der Waals surface area contributed by atoms with Crippen molar-refractivity contribution in [2.45, 2.75) is 26.4 Å². The molecule has 4 rings (SSSR count). The molecule has 5 nitrogen and oxygen atoms in total. The number of piperazine rings is 1. The van der Waals surface area contributed by atoms with Crippen LogP contribution in [0.4, 0.5) is 0 Å². The minimum atomic E-state index is 0.631. The van der Waals surface area contributed by atoms with E-state index in [0.717, 1.165) is 59.0 Å². The van der Waals surface area contributed by atoms with Gasteiger partial charge in [-0.2, -0.15) is 0 Å². The molecular weight excluding hydrogens is 312 g/mol. The van der Waals surface area contributed by atoms with Crippen molar-refractivity contribution in [3.05, 3.63) is 36.0 Å². The summed E-state index contributed by atoms with van der Waals surface area (Å²) in [7, 11) is 0. The molecule has 2 aliphatic rings. The maximum absolute atomic E-state index is 5.49. The predicted molar refractivity (Wildman–Crippen MR) is 102 cm³/mol. The third-order valence-corrected chi connectivity index (χ3v) is 5.51. The summed E-state index contributed by atoms with van der Waals surface area (Å²) < 4.78 is 7.84. The summed E-state index contributed by atoms with van der Waals surface area (Å²) in [6.45, 7) is 13.7. The molecule has 135 valence electrons. The second kappa shape index (κ2) is 7.36. The molecule has 2 aliphatic heterocycles. The third-order valence-electron chi connectivity index (χ3n) is 5.51. The van der Waals surface area contributed by atoms with Crippen LogP contribution in [0.15, 0.2) is 24.4 Å². The Labute approximate surface area is 150 Å². The van der Waals surface area contributed by atoms with Gasteiger partial charge in [-0.1, -0.05) is 18.2 Å². The molecule has 1 aromatic carbocycles. The first kappa shape index (κ1) is 16.9. The van der Waals surface area contributed by atoms with Crippen LogP contribution in [0.1, 0.15) is 19.4 Å². The van der Waals surface area contributed by atoms with Gasteiger partial charge in [-0.3, -0.25) is 14.5 Å². The molecule has 2 fully saturated rings. The Morgan fingerprint density at radius 2 is 1.84 bits per heavy atom. The summed E-state index contributed by atoms with van der Waals surface area (Å²) in [6.07, 6.45) is 2.33. The smallest absolute Gasteiger partial charge is 0.0777 e. The molecule has 0 bridgehead atoms. The van der Waals surface area contributed by atoms with Crippen LogP contribution in [0.5, 0.6) is 0 Å². The number of fused-ring (bicyclic) bond motifs is 1. The van der Waals surface area contributed by atoms with Crippen LogP contribution in [0.2, 0.25) is 0 Å². The van der Waals surface area contributed by atoms with Crippen LogP contribution < -0.4 is 5.01 Å². The Bertz CT molecular complexity index is 697. The molecule has 2 saturated heterocycles. The van der Waals surface area contributed by atoms with Crippen LogP contribution >= 0.6 is 0 Å². The van der Waals surface area contributed by atoms with E-state index in [0.29, 0.717) is 6.04 Å². The molecule has 0 spiro atoms. The van der Waals surface area contributed by atoms with Crippen LogP contribution in [0, 0.1) is 6.07 Å². The number of hydrogen-bond donors (Lipinski definition) is 0. The Morgan fingerprint density at radius 1 is 1.08 bits per heavy atom. The van der Waals surface area contributed by atoms with Crippen LogP contribution in [-0.4, -0.2) is 73.0 Å². The van der Waals surface area contributed by atoms with Gasteiger partial charge in [0.15, 0.2) is 0 Å². The van der Waals surface area contributed by atoms with E-state index < -0.39 is 0 Å². The zero-order valence-corrected chi connectivity index (χ0v) is 15.4. The number of benzene rings is 1. The molecular formula is C20H29N4O. The van der Waals surface area contributed by atoms with Crippen molar-refractivity contribution in [1.29, 1.82) is 0 Å². The van der Waals surface area contributed by atoms with E-state index in [-0.39, 0.29) is 0 Å². The van der Waals surface area contributed by atoms with Crippen molar-refractivity contribution in [3.63, 3.8) is 0 Å². The average molecular weight is 341 g/mol. The van der Waals surface area contributed by atoms with Crippen molar-refractivity contribution < 1.29 is 4.74 Å². The van der Waals surface area contributed by atoms with Crippen molar-refractivity contribution in [2.24, 2.45) is 0 Å². The first-order chi connectivity index (χ1) is 12.2. The number of para-hydroxylation sites is 1. The zero-order valence-electron chi connectivity index (χ0n) is 15.4. The summed E-state index contributed by atoms with van der Waals surface area (Å²) in [4.78, 5) is 5.05. The summed E-state index contributed by atoms with van der Waals surface area (Å²) in [5.74, 6) is 0. The SMILES string of the molecule is CC(C)N1CCN(n2cc(CN3CCOCC3)c3ccc[c]c32)CC1. The first-order valence-electron chi connectivity index (χ1n) is 9.52. The second-order valence-corrected chi connectivity index (χ2v) is 7.40. The van der Waals surface area contributed by atoms with Gasteiger partial charge < -0.3 is 9.75 Å². The van der Waals surface area contributed by atoms with E-state index in [9.17, 15) is 0 Å². The van der Waals surface area contributed by atoms with Gasteiger partial charge in [0.2, 0.25) is 0 Å². The van der Waals surface area contributed by atoms with Gasteiger partial charge in [0.25, 0.3) is 0 Å². The van der Waals surface area contributed by atoms with E-state index in [1.165, 1.54) is 16.5 Å². The molecule has 0 saturated carbocycles. The van der Waals surface area contributed by atoms with Crippen LogP contribution in [0.25, 0.3) is 10.9 Å². The number of ether oxygens (including phenoxy) is 1. The summed E-state index contributed by atoms with van der Waals surface area (Å²) in [6, 6.07) is 10.5. The molecule has 2 aromatic rings. The lowest BCUT2D eigenvalue weighted by Gasteiger charge is -2.38. The second-order valence-electron chi connectivity index (χ2n) is 7.40.